The number of hydrogen-bond donors (Lipinski definition) is 0. The average Bonchev–Trinajstić information content (AvgIpc) is 1.87. The fourth-order valence-electron chi connectivity index (χ4n) is 0.642. The highest BCUT2D eigenvalue weighted by molar-refractivity contribution is 14.1. The molecule has 40 valence electrons. The molecule has 2 heteroatoms. The van der Waals surface area contributed by atoms with Gasteiger partial charge in [-0.2, -0.15) is 0 Å². The van der Waals surface area contributed by atoms with Crippen molar-refractivity contribution in [3.63, 3.8) is 0 Å². The third-order valence-electron chi connectivity index (χ3n) is 1.05. The molecule has 0 aromatic heterocycles. The summed E-state index contributed by atoms with van der Waals surface area (Å²) in [7, 11) is 2.13. The lowest BCUT2D eigenvalue weighted by Gasteiger charge is -2.02. The molecular formula is C5H8IN. The van der Waals surface area contributed by atoms with Crippen LogP contribution in [0.2, 0.25) is 0 Å². The van der Waals surface area contributed by atoms with Gasteiger partial charge in [0.05, 0.1) is 0 Å². The lowest BCUT2D eigenvalue weighted by molar-refractivity contribution is 0.434. The van der Waals surface area contributed by atoms with E-state index in [9.17, 15) is 0 Å². The second-order valence-corrected chi connectivity index (χ2v) is 3.23. The minimum absolute atomic E-state index is 1.14. The first-order valence-electron chi connectivity index (χ1n) is 2.32. The van der Waals surface area contributed by atoms with Crippen LogP contribution in [0.1, 0.15) is 0 Å². The molecule has 0 spiro atoms. The second-order valence-electron chi connectivity index (χ2n) is 1.85. The van der Waals surface area contributed by atoms with E-state index in [-0.39, 0.29) is 0 Å². The van der Waals surface area contributed by atoms with Crippen LogP contribution in [-0.4, -0.2) is 25.0 Å². The molecule has 1 rings (SSSR count). The monoisotopic (exact) mass is 209 g/mol. The molecule has 0 radical (unpaired) electrons. The summed E-state index contributed by atoms with van der Waals surface area (Å²) in [6.45, 7) is 2.29. The molecule has 0 atom stereocenters. The highest BCUT2D eigenvalue weighted by atomic mass is 127. The summed E-state index contributed by atoms with van der Waals surface area (Å²) in [5, 5.41) is 0. The smallest absolute Gasteiger partial charge is 0.0289 e. The maximum Gasteiger partial charge on any atom is 0.0289 e. The minimum atomic E-state index is 1.14. The van der Waals surface area contributed by atoms with Gasteiger partial charge >= 0.3 is 0 Å². The molecule has 0 amide bonds. The van der Waals surface area contributed by atoms with Gasteiger partial charge in [-0.3, -0.25) is 4.90 Å². The number of halogens is 1. The Hall–Kier alpha value is 0.430. The molecule has 1 nitrogen and oxygen atoms in total. The summed E-state index contributed by atoms with van der Waals surface area (Å²) in [5.41, 5.74) is 0. The van der Waals surface area contributed by atoms with Crippen LogP contribution in [-0.2, 0) is 0 Å². The van der Waals surface area contributed by atoms with Crippen LogP contribution in [0, 0.1) is 0 Å². The minimum Gasteiger partial charge on any atom is -0.298 e. The standard InChI is InChI=1S/C5H8IN/c1-7-3-2-5(6)4-7/h2H,3-4H2,1H3. The Balaban J connectivity index is 2.42. The van der Waals surface area contributed by atoms with Crippen molar-refractivity contribution in [1.29, 1.82) is 0 Å². The van der Waals surface area contributed by atoms with Gasteiger partial charge in [-0.05, 0) is 29.6 Å². The molecule has 1 aliphatic rings. The Bertz CT molecular complexity index is 98.3. The van der Waals surface area contributed by atoms with Gasteiger partial charge in [0.15, 0.2) is 0 Å². The van der Waals surface area contributed by atoms with E-state index >= 15 is 0 Å². The maximum absolute atomic E-state index is 2.37. The zero-order chi connectivity index (χ0) is 5.28. The molecule has 0 unspecified atom stereocenters. The molecule has 1 heterocycles. The molecule has 0 saturated carbocycles. The van der Waals surface area contributed by atoms with E-state index in [1.807, 2.05) is 0 Å². The normalized spacial score (nSPS) is 22.9. The number of likely N-dealkylation sites (N-methyl/N-ethyl adjacent to an activating group) is 1. The van der Waals surface area contributed by atoms with Crippen LogP contribution in [0.3, 0.4) is 0 Å². The van der Waals surface area contributed by atoms with Crippen molar-refractivity contribution in [2.45, 2.75) is 0 Å². The SMILES string of the molecule is CN1CC=C(I)C1. The van der Waals surface area contributed by atoms with E-state index in [2.05, 4.69) is 40.6 Å². The van der Waals surface area contributed by atoms with Crippen molar-refractivity contribution in [2.24, 2.45) is 0 Å². The number of hydrogen-bond acceptors (Lipinski definition) is 1. The predicted molar refractivity (Wildman–Crippen MR) is 39.6 cm³/mol. The molecular weight excluding hydrogens is 201 g/mol. The van der Waals surface area contributed by atoms with Crippen LogP contribution < -0.4 is 0 Å². The molecule has 0 saturated heterocycles. The lowest BCUT2D eigenvalue weighted by Crippen LogP contribution is -2.12. The van der Waals surface area contributed by atoms with E-state index in [0.29, 0.717) is 0 Å². The molecule has 0 aromatic carbocycles. The molecule has 7 heavy (non-hydrogen) atoms. The predicted octanol–water partition coefficient (Wildman–Crippen LogP) is 1.25. The Kier molecular flexibility index (Phi) is 1.69. The average molecular weight is 209 g/mol. The Morgan fingerprint density at radius 2 is 2.57 bits per heavy atom. The van der Waals surface area contributed by atoms with Crippen molar-refractivity contribution in [3.8, 4) is 0 Å². The lowest BCUT2D eigenvalue weighted by atomic mass is 10.6. The third-order valence-corrected chi connectivity index (χ3v) is 1.83. The fourth-order valence-corrected chi connectivity index (χ4v) is 1.42. The van der Waals surface area contributed by atoms with Gasteiger partial charge in [-0.1, -0.05) is 6.08 Å². The largest absolute Gasteiger partial charge is 0.298 e. The number of rotatable bonds is 0. The molecule has 1 aliphatic heterocycles. The Labute approximate surface area is 57.5 Å². The van der Waals surface area contributed by atoms with Crippen molar-refractivity contribution in [2.75, 3.05) is 20.1 Å². The first-order chi connectivity index (χ1) is 3.29. The van der Waals surface area contributed by atoms with Gasteiger partial charge in [0.2, 0.25) is 0 Å². The van der Waals surface area contributed by atoms with Gasteiger partial charge in [-0.25, -0.2) is 0 Å². The van der Waals surface area contributed by atoms with Crippen LogP contribution in [0.25, 0.3) is 0 Å². The number of nitrogens with zero attached hydrogens (tertiary/aromatic N) is 1. The van der Waals surface area contributed by atoms with Crippen LogP contribution in [0.15, 0.2) is 9.66 Å². The topological polar surface area (TPSA) is 3.24 Å². The highest BCUT2D eigenvalue weighted by Gasteiger charge is 2.04. The fraction of sp³-hybridized carbons (Fsp3) is 0.600. The molecule has 0 bridgehead atoms. The van der Waals surface area contributed by atoms with E-state index < -0.39 is 0 Å². The zero-order valence-corrected chi connectivity index (χ0v) is 6.47. The summed E-state index contributed by atoms with van der Waals surface area (Å²) in [5.74, 6) is 0. The Morgan fingerprint density at radius 1 is 1.86 bits per heavy atom. The summed E-state index contributed by atoms with van der Waals surface area (Å²) in [6, 6.07) is 0. The Morgan fingerprint density at radius 3 is 2.71 bits per heavy atom. The van der Waals surface area contributed by atoms with Gasteiger partial charge < -0.3 is 0 Å². The van der Waals surface area contributed by atoms with Gasteiger partial charge in [0.1, 0.15) is 0 Å². The van der Waals surface area contributed by atoms with Crippen LogP contribution in [0.4, 0.5) is 0 Å². The van der Waals surface area contributed by atoms with E-state index in [4.69, 9.17) is 0 Å². The van der Waals surface area contributed by atoms with Crippen molar-refractivity contribution < 1.29 is 0 Å². The van der Waals surface area contributed by atoms with Crippen molar-refractivity contribution in [1.82, 2.24) is 4.90 Å². The van der Waals surface area contributed by atoms with Crippen molar-refractivity contribution >= 4 is 22.6 Å². The molecule has 0 aromatic rings. The molecule has 0 fully saturated rings. The molecule has 0 N–H and O–H groups in total. The van der Waals surface area contributed by atoms with Gasteiger partial charge in [-0.15, -0.1) is 0 Å². The highest BCUT2D eigenvalue weighted by Crippen LogP contribution is 2.12. The summed E-state index contributed by atoms with van der Waals surface area (Å²) in [4.78, 5) is 2.28. The third kappa shape index (κ3) is 1.42. The quantitative estimate of drug-likeness (QED) is 0.542. The van der Waals surface area contributed by atoms with Crippen molar-refractivity contribution in [3.05, 3.63) is 9.66 Å². The summed E-state index contributed by atoms with van der Waals surface area (Å²) in [6.07, 6.45) is 2.25. The summed E-state index contributed by atoms with van der Waals surface area (Å²) < 4.78 is 1.47. The first-order valence-corrected chi connectivity index (χ1v) is 3.40. The van der Waals surface area contributed by atoms with Gasteiger partial charge in [0.25, 0.3) is 0 Å². The summed E-state index contributed by atoms with van der Waals surface area (Å²) >= 11 is 2.37. The maximum atomic E-state index is 2.37. The van der Waals surface area contributed by atoms with E-state index in [1.54, 1.807) is 0 Å². The second kappa shape index (κ2) is 2.13. The first kappa shape index (κ1) is 5.56. The molecule has 0 aliphatic carbocycles. The van der Waals surface area contributed by atoms with Crippen LogP contribution >= 0.6 is 22.6 Å². The zero-order valence-electron chi connectivity index (χ0n) is 4.32. The van der Waals surface area contributed by atoms with Crippen LogP contribution in [0.5, 0.6) is 0 Å². The van der Waals surface area contributed by atoms with Gasteiger partial charge in [0, 0.05) is 16.7 Å². The van der Waals surface area contributed by atoms with E-state index in [1.165, 1.54) is 3.58 Å². The van der Waals surface area contributed by atoms with E-state index in [0.717, 1.165) is 13.1 Å².